The van der Waals surface area contributed by atoms with Gasteiger partial charge in [0.05, 0.1) is 40.3 Å². The van der Waals surface area contributed by atoms with Crippen LogP contribution in [-0.4, -0.2) is 34.0 Å². The predicted molar refractivity (Wildman–Crippen MR) is 135 cm³/mol. The van der Waals surface area contributed by atoms with Crippen LogP contribution in [0.5, 0.6) is 5.75 Å². The van der Waals surface area contributed by atoms with E-state index in [1.807, 2.05) is 13.8 Å². The van der Waals surface area contributed by atoms with Crippen molar-refractivity contribution in [2.24, 2.45) is 0 Å². The van der Waals surface area contributed by atoms with E-state index in [1.165, 1.54) is 4.57 Å². The molecule has 1 unspecified atom stereocenters. The van der Waals surface area contributed by atoms with Crippen molar-refractivity contribution in [3.8, 4) is 11.4 Å². The molecule has 0 bridgehead atoms. The van der Waals surface area contributed by atoms with E-state index < -0.39 is 6.04 Å². The van der Waals surface area contributed by atoms with E-state index in [2.05, 4.69) is 0 Å². The summed E-state index contributed by atoms with van der Waals surface area (Å²) in [5.74, 6) is 0.825. The van der Waals surface area contributed by atoms with Crippen LogP contribution >= 0.6 is 23.2 Å². The average molecular weight is 496 g/mol. The van der Waals surface area contributed by atoms with Crippen LogP contribution in [0.15, 0.2) is 71.5 Å². The molecule has 6 nitrogen and oxygen atoms in total. The molecule has 1 atom stereocenters. The summed E-state index contributed by atoms with van der Waals surface area (Å²) in [6, 6.07) is 18.4. The first kappa shape index (κ1) is 23.8. The maximum absolute atomic E-state index is 13.6. The van der Waals surface area contributed by atoms with E-state index in [9.17, 15) is 9.59 Å². The highest BCUT2D eigenvalue weighted by atomic mass is 35.5. The van der Waals surface area contributed by atoms with Crippen LogP contribution in [0, 0.1) is 0 Å². The zero-order valence-corrected chi connectivity index (χ0v) is 20.5. The second-order valence-corrected chi connectivity index (χ2v) is 8.56. The summed E-state index contributed by atoms with van der Waals surface area (Å²) >= 11 is 12.5. The summed E-state index contributed by atoms with van der Waals surface area (Å²) in [6.45, 7) is 4.10. The van der Waals surface area contributed by atoms with Crippen LogP contribution < -0.4 is 10.3 Å². The molecule has 0 aliphatic carbocycles. The number of rotatable bonds is 6. The fourth-order valence-corrected chi connectivity index (χ4v) is 4.34. The molecule has 0 radical (unpaired) electrons. The Kier molecular flexibility index (Phi) is 6.91. The van der Waals surface area contributed by atoms with Gasteiger partial charge < -0.3 is 9.64 Å². The molecule has 0 aliphatic heterocycles. The molecule has 3 aromatic carbocycles. The van der Waals surface area contributed by atoms with Gasteiger partial charge in [0, 0.05) is 11.6 Å². The molecule has 1 aromatic heterocycles. The smallest absolute Gasteiger partial charge is 0.266 e. The number of carbonyl (C=O) groups excluding carboxylic acids is 1. The van der Waals surface area contributed by atoms with Crippen molar-refractivity contribution >= 4 is 40.0 Å². The van der Waals surface area contributed by atoms with E-state index in [0.717, 1.165) is 0 Å². The summed E-state index contributed by atoms with van der Waals surface area (Å²) in [7, 11) is 1.58. The second-order valence-electron chi connectivity index (χ2n) is 7.72. The summed E-state index contributed by atoms with van der Waals surface area (Å²) < 4.78 is 6.79. The van der Waals surface area contributed by atoms with Gasteiger partial charge in [-0.1, -0.05) is 35.3 Å². The normalized spacial score (nSPS) is 11.9. The lowest BCUT2D eigenvalue weighted by molar-refractivity contribution is 0.0693. The monoisotopic (exact) mass is 495 g/mol. The standard InChI is InChI=1S/C26H23Cl2N3O3/c1-4-30(25(32)20-7-5-6-8-22(20)28)16(2)24-29-23-15-17(27)9-14-21(23)26(33)31(24)18-10-12-19(34-3)13-11-18/h5-16H,4H2,1-3H3. The van der Waals surface area contributed by atoms with E-state index in [0.29, 0.717) is 50.3 Å². The summed E-state index contributed by atoms with van der Waals surface area (Å²) in [5, 5.41) is 1.26. The van der Waals surface area contributed by atoms with E-state index in [-0.39, 0.29) is 11.5 Å². The van der Waals surface area contributed by atoms with Crippen molar-refractivity contribution < 1.29 is 9.53 Å². The highest BCUT2D eigenvalue weighted by Crippen LogP contribution is 2.27. The molecule has 0 saturated heterocycles. The van der Waals surface area contributed by atoms with Gasteiger partial charge >= 0.3 is 0 Å². The molecule has 34 heavy (non-hydrogen) atoms. The van der Waals surface area contributed by atoms with Crippen molar-refractivity contribution in [3.05, 3.63) is 98.5 Å². The largest absolute Gasteiger partial charge is 0.497 e. The summed E-state index contributed by atoms with van der Waals surface area (Å²) in [6.07, 6.45) is 0. The van der Waals surface area contributed by atoms with Crippen molar-refractivity contribution in [3.63, 3.8) is 0 Å². The van der Waals surface area contributed by atoms with E-state index in [1.54, 1.807) is 78.7 Å². The number of hydrogen-bond acceptors (Lipinski definition) is 4. The van der Waals surface area contributed by atoms with Crippen LogP contribution in [0.4, 0.5) is 0 Å². The molecule has 0 aliphatic rings. The topological polar surface area (TPSA) is 64.4 Å². The van der Waals surface area contributed by atoms with Crippen LogP contribution in [0.3, 0.4) is 0 Å². The maximum atomic E-state index is 13.6. The maximum Gasteiger partial charge on any atom is 0.266 e. The number of hydrogen-bond donors (Lipinski definition) is 0. The fraction of sp³-hybridized carbons (Fsp3) is 0.192. The number of methoxy groups -OCH3 is 1. The predicted octanol–water partition coefficient (Wildman–Crippen LogP) is 5.92. The van der Waals surface area contributed by atoms with Gasteiger partial charge in [-0.25, -0.2) is 4.98 Å². The Morgan fingerprint density at radius 3 is 2.44 bits per heavy atom. The molecule has 0 spiro atoms. The van der Waals surface area contributed by atoms with Gasteiger partial charge in [-0.3, -0.25) is 14.2 Å². The number of ether oxygens (including phenoxy) is 1. The van der Waals surface area contributed by atoms with Crippen LogP contribution in [0.25, 0.3) is 16.6 Å². The molecular weight excluding hydrogens is 473 g/mol. The first-order valence-electron chi connectivity index (χ1n) is 10.8. The van der Waals surface area contributed by atoms with E-state index in [4.69, 9.17) is 32.9 Å². The lowest BCUT2D eigenvalue weighted by atomic mass is 10.1. The Morgan fingerprint density at radius 2 is 1.79 bits per heavy atom. The van der Waals surface area contributed by atoms with Crippen molar-refractivity contribution in [1.29, 1.82) is 0 Å². The van der Waals surface area contributed by atoms with Gasteiger partial charge in [-0.15, -0.1) is 0 Å². The van der Waals surface area contributed by atoms with Crippen LogP contribution in [0.2, 0.25) is 10.0 Å². The SMILES string of the molecule is CCN(C(=O)c1ccccc1Cl)C(C)c1nc2cc(Cl)ccc2c(=O)n1-c1ccc(OC)cc1. The van der Waals surface area contributed by atoms with Gasteiger partial charge in [0.1, 0.15) is 11.6 Å². The Morgan fingerprint density at radius 1 is 1.09 bits per heavy atom. The third-order valence-electron chi connectivity index (χ3n) is 5.73. The molecular formula is C26H23Cl2N3O3. The minimum Gasteiger partial charge on any atom is -0.497 e. The molecule has 1 heterocycles. The molecule has 174 valence electrons. The zero-order chi connectivity index (χ0) is 24.4. The molecule has 4 rings (SSSR count). The minimum absolute atomic E-state index is 0.248. The zero-order valence-electron chi connectivity index (χ0n) is 19.0. The Bertz CT molecular complexity index is 1420. The van der Waals surface area contributed by atoms with Crippen molar-refractivity contribution in [1.82, 2.24) is 14.5 Å². The van der Waals surface area contributed by atoms with Gasteiger partial charge in [0.25, 0.3) is 11.5 Å². The van der Waals surface area contributed by atoms with Crippen LogP contribution in [-0.2, 0) is 0 Å². The van der Waals surface area contributed by atoms with Crippen LogP contribution in [0.1, 0.15) is 36.1 Å². The molecule has 0 N–H and O–H groups in total. The summed E-state index contributed by atoms with van der Waals surface area (Å²) in [4.78, 5) is 33.5. The summed E-state index contributed by atoms with van der Waals surface area (Å²) in [5.41, 5.74) is 1.21. The number of carbonyl (C=O) groups is 1. The number of nitrogens with zero attached hydrogens (tertiary/aromatic N) is 3. The average Bonchev–Trinajstić information content (AvgIpc) is 2.84. The first-order chi connectivity index (χ1) is 16.3. The second kappa shape index (κ2) is 9.87. The highest BCUT2D eigenvalue weighted by Gasteiger charge is 2.27. The Balaban J connectivity index is 1.92. The number of amides is 1. The molecule has 1 amide bonds. The fourth-order valence-electron chi connectivity index (χ4n) is 3.96. The Labute approximate surface area is 207 Å². The molecule has 0 fully saturated rings. The van der Waals surface area contributed by atoms with Gasteiger partial charge in [-0.2, -0.15) is 0 Å². The van der Waals surface area contributed by atoms with Crippen molar-refractivity contribution in [2.75, 3.05) is 13.7 Å². The van der Waals surface area contributed by atoms with Crippen molar-refractivity contribution in [2.45, 2.75) is 19.9 Å². The van der Waals surface area contributed by atoms with E-state index >= 15 is 0 Å². The first-order valence-corrected chi connectivity index (χ1v) is 11.5. The van der Waals surface area contributed by atoms with Gasteiger partial charge in [0.2, 0.25) is 0 Å². The molecule has 8 heteroatoms. The lowest BCUT2D eigenvalue weighted by Crippen LogP contribution is -2.37. The minimum atomic E-state index is -0.549. The molecule has 4 aromatic rings. The lowest BCUT2D eigenvalue weighted by Gasteiger charge is -2.30. The van der Waals surface area contributed by atoms with Gasteiger partial charge in [-0.05, 0) is 68.4 Å². The third-order valence-corrected chi connectivity index (χ3v) is 6.30. The third kappa shape index (κ3) is 4.39. The number of aromatic nitrogens is 2. The van der Waals surface area contributed by atoms with Gasteiger partial charge in [0.15, 0.2) is 0 Å². The quantitative estimate of drug-likeness (QED) is 0.332. The molecule has 0 saturated carbocycles. The Hall–Kier alpha value is -3.35. The number of halogens is 2. The number of benzene rings is 3. The number of fused-ring (bicyclic) bond motifs is 1. The highest BCUT2D eigenvalue weighted by molar-refractivity contribution is 6.33.